The molecule has 3 heteroatoms. The van der Waals surface area contributed by atoms with Crippen LogP contribution in [0.25, 0.3) is 0 Å². The quantitative estimate of drug-likeness (QED) is 0.840. The number of hydrogen-bond acceptors (Lipinski definition) is 3. The molecular weight excluding hydrogens is 200 g/mol. The van der Waals surface area contributed by atoms with Crippen molar-refractivity contribution in [1.82, 2.24) is 0 Å². The van der Waals surface area contributed by atoms with Crippen LogP contribution in [0.4, 0.5) is 5.69 Å². The van der Waals surface area contributed by atoms with Crippen molar-refractivity contribution in [3.8, 4) is 0 Å². The maximum absolute atomic E-state index is 5.94. The Kier molecular flexibility index (Phi) is 3.17. The lowest BCUT2D eigenvalue weighted by Gasteiger charge is -2.39. The van der Waals surface area contributed by atoms with E-state index in [0.717, 1.165) is 19.6 Å². The van der Waals surface area contributed by atoms with Crippen LogP contribution in [0.3, 0.4) is 0 Å². The van der Waals surface area contributed by atoms with Crippen molar-refractivity contribution in [2.45, 2.75) is 18.9 Å². The van der Waals surface area contributed by atoms with Gasteiger partial charge >= 0.3 is 0 Å². The van der Waals surface area contributed by atoms with E-state index in [1.807, 2.05) is 0 Å². The first-order chi connectivity index (χ1) is 7.69. The molecule has 0 bridgehead atoms. The Balaban J connectivity index is 2.30. The van der Waals surface area contributed by atoms with Crippen molar-refractivity contribution in [1.29, 1.82) is 0 Å². The highest BCUT2D eigenvalue weighted by Crippen LogP contribution is 2.30. The molecule has 1 aromatic rings. The molecule has 0 spiro atoms. The standard InChI is InChI=1S/C13H20N2O/c1-11-5-3-4-6-12(11)15(2)13(9-14)7-8-16-10-13/h3-6H,7-10,14H2,1-2H3. The molecule has 1 aliphatic rings. The second-order valence-corrected chi connectivity index (χ2v) is 4.58. The lowest BCUT2D eigenvalue weighted by molar-refractivity contribution is 0.178. The molecular formula is C13H20N2O. The monoisotopic (exact) mass is 220 g/mol. The van der Waals surface area contributed by atoms with Gasteiger partial charge in [0.05, 0.1) is 12.1 Å². The van der Waals surface area contributed by atoms with E-state index in [-0.39, 0.29) is 5.54 Å². The zero-order valence-electron chi connectivity index (χ0n) is 10.1. The van der Waals surface area contributed by atoms with Crippen molar-refractivity contribution < 1.29 is 4.74 Å². The van der Waals surface area contributed by atoms with Gasteiger partial charge in [-0.3, -0.25) is 0 Å². The highest BCUT2D eigenvalue weighted by molar-refractivity contribution is 5.54. The Bertz CT molecular complexity index is 359. The first kappa shape index (κ1) is 11.4. The summed E-state index contributed by atoms with van der Waals surface area (Å²) >= 11 is 0. The van der Waals surface area contributed by atoms with Crippen molar-refractivity contribution in [2.75, 3.05) is 31.7 Å². The van der Waals surface area contributed by atoms with Crippen molar-refractivity contribution in [3.05, 3.63) is 29.8 Å². The third kappa shape index (κ3) is 1.81. The van der Waals surface area contributed by atoms with E-state index in [2.05, 4.69) is 43.1 Å². The zero-order valence-corrected chi connectivity index (χ0v) is 10.1. The second-order valence-electron chi connectivity index (χ2n) is 4.58. The zero-order chi connectivity index (χ0) is 11.6. The predicted octanol–water partition coefficient (Wildman–Crippen LogP) is 1.55. The maximum atomic E-state index is 5.94. The molecule has 3 nitrogen and oxygen atoms in total. The van der Waals surface area contributed by atoms with Gasteiger partial charge in [0.15, 0.2) is 0 Å². The SMILES string of the molecule is Cc1ccccc1N(C)C1(CN)CCOC1. The molecule has 1 heterocycles. The number of likely N-dealkylation sites (N-methyl/N-ethyl adjacent to an activating group) is 1. The Morgan fingerprint density at radius 3 is 2.75 bits per heavy atom. The summed E-state index contributed by atoms with van der Waals surface area (Å²) in [6, 6.07) is 8.41. The Hall–Kier alpha value is -1.06. The van der Waals surface area contributed by atoms with E-state index in [1.54, 1.807) is 0 Å². The summed E-state index contributed by atoms with van der Waals surface area (Å²) < 4.78 is 5.51. The normalized spacial score (nSPS) is 24.7. The number of benzene rings is 1. The Morgan fingerprint density at radius 2 is 2.19 bits per heavy atom. The number of para-hydroxylation sites is 1. The molecule has 0 amide bonds. The summed E-state index contributed by atoms with van der Waals surface area (Å²) in [4.78, 5) is 2.29. The molecule has 1 fully saturated rings. The molecule has 2 rings (SSSR count). The molecule has 1 atom stereocenters. The summed E-state index contributed by atoms with van der Waals surface area (Å²) in [7, 11) is 2.11. The summed E-state index contributed by atoms with van der Waals surface area (Å²) in [6.45, 7) is 4.31. The molecule has 0 aliphatic carbocycles. The molecule has 2 N–H and O–H groups in total. The summed E-state index contributed by atoms with van der Waals surface area (Å²) in [5.74, 6) is 0. The fraction of sp³-hybridized carbons (Fsp3) is 0.538. The third-order valence-electron chi connectivity index (χ3n) is 3.65. The van der Waals surface area contributed by atoms with Gasteiger partial charge in [-0.05, 0) is 25.0 Å². The van der Waals surface area contributed by atoms with E-state index in [9.17, 15) is 0 Å². The van der Waals surface area contributed by atoms with Crippen LogP contribution in [0.15, 0.2) is 24.3 Å². The number of aryl methyl sites for hydroxylation is 1. The van der Waals surface area contributed by atoms with Gasteiger partial charge in [0.25, 0.3) is 0 Å². The van der Waals surface area contributed by atoms with Gasteiger partial charge in [0, 0.05) is 25.9 Å². The topological polar surface area (TPSA) is 38.5 Å². The van der Waals surface area contributed by atoms with Crippen LogP contribution in [-0.4, -0.2) is 32.3 Å². The lowest BCUT2D eigenvalue weighted by atomic mass is 9.95. The molecule has 1 unspecified atom stereocenters. The van der Waals surface area contributed by atoms with Crippen LogP contribution in [0, 0.1) is 6.92 Å². The maximum Gasteiger partial charge on any atom is 0.0775 e. The van der Waals surface area contributed by atoms with Gasteiger partial charge in [0.2, 0.25) is 0 Å². The minimum absolute atomic E-state index is 0.0217. The first-order valence-corrected chi connectivity index (χ1v) is 5.77. The molecule has 0 aromatic heterocycles. The van der Waals surface area contributed by atoms with E-state index >= 15 is 0 Å². The third-order valence-corrected chi connectivity index (χ3v) is 3.65. The molecule has 88 valence electrons. The van der Waals surface area contributed by atoms with Gasteiger partial charge in [0.1, 0.15) is 0 Å². The van der Waals surface area contributed by atoms with E-state index in [4.69, 9.17) is 10.5 Å². The van der Waals surface area contributed by atoms with Gasteiger partial charge < -0.3 is 15.4 Å². The highest BCUT2D eigenvalue weighted by atomic mass is 16.5. The highest BCUT2D eigenvalue weighted by Gasteiger charge is 2.38. The number of nitrogens with zero attached hydrogens (tertiary/aromatic N) is 1. The summed E-state index contributed by atoms with van der Waals surface area (Å²) in [5.41, 5.74) is 8.44. The van der Waals surface area contributed by atoms with Crippen molar-refractivity contribution in [3.63, 3.8) is 0 Å². The number of rotatable bonds is 3. The van der Waals surface area contributed by atoms with Crippen LogP contribution < -0.4 is 10.6 Å². The van der Waals surface area contributed by atoms with Crippen LogP contribution in [-0.2, 0) is 4.74 Å². The molecule has 1 saturated heterocycles. The van der Waals surface area contributed by atoms with E-state index in [0.29, 0.717) is 6.54 Å². The second kappa shape index (κ2) is 4.44. The van der Waals surface area contributed by atoms with Crippen LogP contribution in [0.5, 0.6) is 0 Å². The Morgan fingerprint density at radius 1 is 1.44 bits per heavy atom. The largest absolute Gasteiger partial charge is 0.379 e. The molecule has 16 heavy (non-hydrogen) atoms. The molecule has 0 saturated carbocycles. The number of hydrogen-bond donors (Lipinski definition) is 1. The van der Waals surface area contributed by atoms with Crippen molar-refractivity contribution >= 4 is 5.69 Å². The van der Waals surface area contributed by atoms with Gasteiger partial charge in [-0.2, -0.15) is 0 Å². The molecule has 0 radical (unpaired) electrons. The first-order valence-electron chi connectivity index (χ1n) is 5.77. The van der Waals surface area contributed by atoms with Gasteiger partial charge in [-0.25, -0.2) is 0 Å². The van der Waals surface area contributed by atoms with Gasteiger partial charge in [-0.15, -0.1) is 0 Å². The van der Waals surface area contributed by atoms with Gasteiger partial charge in [-0.1, -0.05) is 18.2 Å². The molecule has 1 aliphatic heterocycles. The minimum Gasteiger partial charge on any atom is -0.379 e. The van der Waals surface area contributed by atoms with Crippen LogP contribution in [0.1, 0.15) is 12.0 Å². The lowest BCUT2D eigenvalue weighted by Crippen LogP contribution is -2.53. The fourth-order valence-electron chi connectivity index (χ4n) is 2.35. The smallest absolute Gasteiger partial charge is 0.0775 e. The number of ether oxygens (including phenoxy) is 1. The summed E-state index contributed by atoms with van der Waals surface area (Å²) in [6.07, 6.45) is 1.01. The van der Waals surface area contributed by atoms with E-state index in [1.165, 1.54) is 11.3 Å². The average Bonchev–Trinajstić information content (AvgIpc) is 2.78. The minimum atomic E-state index is -0.0217. The molecule has 1 aromatic carbocycles. The van der Waals surface area contributed by atoms with E-state index < -0.39 is 0 Å². The summed E-state index contributed by atoms with van der Waals surface area (Å²) in [5, 5.41) is 0. The fourth-order valence-corrected chi connectivity index (χ4v) is 2.35. The number of anilines is 1. The van der Waals surface area contributed by atoms with Crippen LogP contribution in [0.2, 0.25) is 0 Å². The van der Waals surface area contributed by atoms with Crippen LogP contribution >= 0.6 is 0 Å². The number of nitrogens with two attached hydrogens (primary N) is 1. The van der Waals surface area contributed by atoms with Crippen molar-refractivity contribution in [2.24, 2.45) is 5.73 Å². The predicted molar refractivity (Wildman–Crippen MR) is 66.8 cm³/mol. The Labute approximate surface area is 97.2 Å². The average molecular weight is 220 g/mol.